The van der Waals surface area contributed by atoms with Gasteiger partial charge in [0.15, 0.2) is 0 Å². The van der Waals surface area contributed by atoms with Gasteiger partial charge in [0.1, 0.15) is 0 Å². The van der Waals surface area contributed by atoms with E-state index in [1.807, 2.05) is 24.0 Å². The van der Waals surface area contributed by atoms with Crippen molar-refractivity contribution in [2.75, 3.05) is 18.0 Å². The number of rotatable bonds is 2. The zero-order chi connectivity index (χ0) is 15.0. The predicted octanol–water partition coefficient (Wildman–Crippen LogP) is 1.81. The number of amides is 1. The van der Waals surface area contributed by atoms with Crippen LogP contribution in [0.15, 0.2) is 24.3 Å². The molecule has 0 bridgehead atoms. The summed E-state index contributed by atoms with van der Waals surface area (Å²) in [7, 11) is 0. The third kappa shape index (κ3) is 2.70. The number of likely N-dealkylation sites (tertiary alicyclic amines) is 1. The number of benzene rings is 1. The van der Waals surface area contributed by atoms with E-state index in [9.17, 15) is 9.90 Å². The fraction of sp³-hybridized carbons (Fsp3) is 0.588. The van der Waals surface area contributed by atoms with Crippen LogP contribution in [0.5, 0.6) is 0 Å². The fourth-order valence-corrected chi connectivity index (χ4v) is 3.50. The number of hydrogen-bond acceptors (Lipinski definition) is 3. The van der Waals surface area contributed by atoms with Crippen molar-refractivity contribution in [3.63, 3.8) is 0 Å². The molecule has 114 valence electrons. The van der Waals surface area contributed by atoms with E-state index in [1.54, 1.807) is 0 Å². The molecule has 2 aliphatic heterocycles. The Hall–Kier alpha value is -1.39. The van der Waals surface area contributed by atoms with Crippen LogP contribution in [0.3, 0.4) is 0 Å². The largest absolute Gasteiger partial charge is 0.392 e. The molecule has 0 spiro atoms. The van der Waals surface area contributed by atoms with Crippen molar-refractivity contribution in [1.29, 1.82) is 0 Å². The number of hydrogen-bond donors (Lipinski definition) is 1. The van der Waals surface area contributed by atoms with Gasteiger partial charge in [0, 0.05) is 24.8 Å². The molecule has 3 atom stereocenters. The minimum atomic E-state index is -0.286. The number of aryl methyl sites for hydroxylation is 1. The van der Waals surface area contributed by atoms with Crippen molar-refractivity contribution in [2.45, 2.75) is 51.3 Å². The van der Waals surface area contributed by atoms with Crippen LogP contribution in [0.4, 0.5) is 5.69 Å². The Morgan fingerprint density at radius 1 is 1.33 bits per heavy atom. The maximum atomic E-state index is 13.0. The molecule has 0 radical (unpaired) electrons. The van der Waals surface area contributed by atoms with Gasteiger partial charge < -0.3 is 10.0 Å². The molecule has 2 aliphatic rings. The van der Waals surface area contributed by atoms with Gasteiger partial charge in [-0.25, -0.2) is 0 Å². The second-order valence-electron chi connectivity index (χ2n) is 6.34. The maximum Gasteiger partial charge on any atom is 0.244 e. The molecule has 2 heterocycles. The van der Waals surface area contributed by atoms with Crippen LogP contribution in [0.25, 0.3) is 0 Å². The van der Waals surface area contributed by atoms with Gasteiger partial charge in [-0.1, -0.05) is 18.2 Å². The minimum Gasteiger partial charge on any atom is -0.392 e. The summed E-state index contributed by atoms with van der Waals surface area (Å²) in [5.74, 6) is 0.156. The molecule has 1 saturated heterocycles. The molecule has 2 unspecified atom stereocenters. The molecule has 1 aromatic rings. The highest BCUT2D eigenvalue weighted by atomic mass is 16.3. The Balaban J connectivity index is 1.83. The van der Waals surface area contributed by atoms with Gasteiger partial charge in [0.05, 0.1) is 12.1 Å². The summed E-state index contributed by atoms with van der Waals surface area (Å²) in [6, 6.07) is 8.28. The third-order valence-electron chi connectivity index (χ3n) is 4.86. The van der Waals surface area contributed by atoms with Gasteiger partial charge in [-0.15, -0.1) is 0 Å². The van der Waals surface area contributed by atoms with Crippen LogP contribution in [0, 0.1) is 0 Å². The van der Waals surface area contributed by atoms with E-state index in [4.69, 9.17) is 0 Å². The number of carbonyl (C=O) groups excluding carboxylic acids is 1. The highest BCUT2D eigenvalue weighted by molar-refractivity contribution is 5.98. The number of fused-ring (bicyclic) bond motifs is 1. The molecule has 0 aromatic heterocycles. The van der Waals surface area contributed by atoms with Crippen LogP contribution in [-0.2, 0) is 11.2 Å². The maximum absolute atomic E-state index is 13.0. The van der Waals surface area contributed by atoms with Gasteiger partial charge in [0.25, 0.3) is 0 Å². The molecule has 4 nitrogen and oxygen atoms in total. The van der Waals surface area contributed by atoms with Gasteiger partial charge in [-0.2, -0.15) is 0 Å². The number of aliphatic hydroxyl groups is 1. The Kier molecular flexibility index (Phi) is 4.00. The van der Waals surface area contributed by atoms with Crippen molar-refractivity contribution in [1.82, 2.24) is 4.90 Å². The standard InChI is InChI=1S/C17H24N2O2/c1-12-7-8-14-5-3-4-6-16(14)19(12)17(21)13(2)18-10-9-15(20)11-18/h3-6,12-13,15,20H,7-11H2,1-2H3/t12?,13?,15-/m0/s1. The van der Waals surface area contributed by atoms with E-state index in [0.717, 1.165) is 31.5 Å². The van der Waals surface area contributed by atoms with Crippen LogP contribution in [-0.4, -0.2) is 47.2 Å². The monoisotopic (exact) mass is 288 g/mol. The molecule has 1 aromatic carbocycles. The smallest absolute Gasteiger partial charge is 0.244 e. The highest BCUT2D eigenvalue weighted by Crippen LogP contribution is 2.31. The lowest BCUT2D eigenvalue weighted by molar-refractivity contribution is -0.123. The van der Waals surface area contributed by atoms with Gasteiger partial charge >= 0.3 is 0 Å². The van der Waals surface area contributed by atoms with Crippen molar-refractivity contribution < 1.29 is 9.90 Å². The molecule has 0 saturated carbocycles. The molecular weight excluding hydrogens is 264 g/mol. The van der Waals surface area contributed by atoms with Crippen LogP contribution in [0.2, 0.25) is 0 Å². The second kappa shape index (κ2) is 5.78. The molecule has 21 heavy (non-hydrogen) atoms. The quantitative estimate of drug-likeness (QED) is 0.902. The Morgan fingerprint density at radius 2 is 2.10 bits per heavy atom. The van der Waals surface area contributed by atoms with E-state index >= 15 is 0 Å². The van der Waals surface area contributed by atoms with Crippen molar-refractivity contribution in [3.8, 4) is 0 Å². The first-order chi connectivity index (χ1) is 10.1. The topological polar surface area (TPSA) is 43.8 Å². The molecule has 1 N–H and O–H groups in total. The fourth-order valence-electron chi connectivity index (χ4n) is 3.50. The average Bonchev–Trinajstić information content (AvgIpc) is 2.92. The summed E-state index contributed by atoms with van der Waals surface area (Å²) in [6.07, 6.45) is 2.53. The number of anilines is 1. The van der Waals surface area contributed by atoms with Crippen LogP contribution in [0.1, 0.15) is 32.3 Å². The first-order valence-electron chi connectivity index (χ1n) is 7.91. The highest BCUT2D eigenvalue weighted by Gasteiger charge is 2.35. The van der Waals surface area contributed by atoms with Crippen molar-refractivity contribution in [3.05, 3.63) is 29.8 Å². The zero-order valence-electron chi connectivity index (χ0n) is 12.8. The average molecular weight is 288 g/mol. The van der Waals surface area contributed by atoms with Gasteiger partial charge in [-0.3, -0.25) is 9.69 Å². The first kappa shape index (κ1) is 14.5. The van der Waals surface area contributed by atoms with Crippen LogP contribution < -0.4 is 4.90 Å². The minimum absolute atomic E-state index is 0.156. The number of carbonyl (C=O) groups is 1. The Morgan fingerprint density at radius 3 is 2.81 bits per heavy atom. The first-order valence-corrected chi connectivity index (χ1v) is 7.91. The van der Waals surface area contributed by atoms with Gasteiger partial charge in [0.2, 0.25) is 5.91 Å². The molecule has 3 rings (SSSR count). The lowest BCUT2D eigenvalue weighted by Crippen LogP contribution is -2.51. The summed E-state index contributed by atoms with van der Waals surface area (Å²) >= 11 is 0. The van der Waals surface area contributed by atoms with E-state index in [1.165, 1.54) is 5.56 Å². The lowest BCUT2D eigenvalue weighted by Gasteiger charge is -2.38. The summed E-state index contributed by atoms with van der Waals surface area (Å²) in [6.45, 7) is 5.50. The van der Waals surface area contributed by atoms with E-state index in [-0.39, 0.29) is 24.1 Å². The summed E-state index contributed by atoms with van der Waals surface area (Å²) < 4.78 is 0. The molecule has 0 aliphatic carbocycles. The summed E-state index contributed by atoms with van der Waals surface area (Å²) in [5, 5.41) is 9.68. The number of β-amino-alcohol motifs (C(OH)–C–C–N with tert-alkyl or cyclic N) is 1. The number of para-hydroxylation sites is 1. The second-order valence-corrected chi connectivity index (χ2v) is 6.34. The Bertz CT molecular complexity index is 531. The molecule has 4 heteroatoms. The normalized spacial score (nSPS) is 27.5. The van der Waals surface area contributed by atoms with Crippen LogP contribution >= 0.6 is 0 Å². The number of nitrogens with zero attached hydrogens (tertiary/aromatic N) is 2. The lowest BCUT2D eigenvalue weighted by atomic mass is 9.96. The number of aliphatic hydroxyl groups excluding tert-OH is 1. The van der Waals surface area contributed by atoms with Gasteiger partial charge in [-0.05, 0) is 44.7 Å². The molecule has 1 amide bonds. The van der Waals surface area contributed by atoms with Crippen molar-refractivity contribution >= 4 is 11.6 Å². The third-order valence-corrected chi connectivity index (χ3v) is 4.86. The Labute approximate surface area is 126 Å². The zero-order valence-corrected chi connectivity index (χ0v) is 12.8. The summed E-state index contributed by atoms with van der Waals surface area (Å²) in [4.78, 5) is 17.0. The molecular formula is C17H24N2O2. The van der Waals surface area contributed by atoms with E-state index in [0.29, 0.717) is 6.54 Å². The predicted molar refractivity (Wildman–Crippen MR) is 83.4 cm³/mol. The summed E-state index contributed by atoms with van der Waals surface area (Å²) in [5.41, 5.74) is 2.32. The molecule has 1 fully saturated rings. The van der Waals surface area contributed by atoms with Crippen molar-refractivity contribution in [2.24, 2.45) is 0 Å². The SMILES string of the molecule is CC(C(=O)N1c2ccccc2CCC1C)N1CC[C@H](O)C1. The van der Waals surface area contributed by atoms with E-state index < -0.39 is 0 Å². The van der Waals surface area contributed by atoms with E-state index in [2.05, 4.69) is 24.0 Å².